The largest absolute Gasteiger partial charge is 0.452 e. The first-order valence-electron chi connectivity index (χ1n) is 6.44. The van der Waals surface area contributed by atoms with Gasteiger partial charge in [-0.1, -0.05) is 29.3 Å². The maximum atomic E-state index is 12.9. The van der Waals surface area contributed by atoms with E-state index in [4.69, 9.17) is 16.3 Å². The second-order valence-corrected chi connectivity index (χ2v) is 5.02. The Morgan fingerprint density at radius 3 is 2.50 bits per heavy atom. The number of carbonyl (C=O) groups is 2. The van der Waals surface area contributed by atoms with Gasteiger partial charge < -0.3 is 10.1 Å². The van der Waals surface area contributed by atoms with Gasteiger partial charge in [0.1, 0.15) is 5.82 Å². The number of esters is 1. The molecule has 0 atom stereocenters. The van der Waals surface area contributed by atoms with E-state index in [0.29, 0.717) is 5.56 Å². The molecule has 1 amide bonds. The standard InChI is InChI=1S/C16H13ClFNO3/c1-10-2-4-11(5-3-10)16(21)22-9-15(20)19-14-7-6-12(18)8-13(14)17/h2-8H,9H2,1H3,(H,19,20). The summed E-state index contributed by atoms with van der Waals surface area (Å²) in [4.78, 5) is 23.4. The zero-order valence-electron chi connectivity index (χ0n) is 11.7. The first-order chi connectivity index (χ1) is 10.5. The van der Waals surface area contributed by atoms with E-state index in [2.05, 4.69) is 5.32 Å². The Morgan fingerprint density at radius 2 is 1.86 bits per heavy atom. The van der Waals surface area contributed by atoms with Crippen molar-refractivity contribution in [3.05, 3.63) is 64.4 Å². The minimum Gasteiger partial charge on any atom is -0.452 e. The number of benzene rings is 2. The summed E-state index contributed by atoms with van der Waals surface area (Å²) in [6.07, 6.45) is 0. The lowest BCUT2D eigenvalue weighted by Crippen LogP contribution is -2.21. The van der Waals surface area contributed by atoms with Gasteiger partial charge >= 0.3 is 5.97 Å². The van der Waals surface area contributed by atoms with Gasteiger partial charge in [0.05, 0.1) is 16.3 Å². The van der Waals surface area contributed by atoms with E-state index in [1.165, 1.54) is 12.1 Å². The van der Waals surface area contributed by atoms with E-state index in [1.807, 2.05) is 6.92 Å². The Hall–Kier alpha value is -2.40. The average molecular weight is 322 g/mol. The predicted octanol–water partition coefficient (Wildman–Crippen LogP) is 3.58. The maximum absolute atomic E-state index is 12.9. The summed E-state index contributed by atoms with van der Waals surface area (Å²) in [6.45, 7) is 1.44. The molecule has 0 fully saturated rings. The Labute approximate surface area is 131 Å². The van der Waals surface area contributed by atoms with E-state index < -0.39 is 24.3 Å². The molecule has 6 heteroatoms. The van der Waals surface area contributed by atoms with Gasteiger partial charge in [-0.25, -0.2) is 9.18 Å². The number of rotatable bonds is 4. The van der Waals surface area contributed by atoms with Crippen LogP contribution in [0.3, 0.4) is 0 Å². The molecule has 0 heterocycles. The van der Waals surface area contributed by atoms with Crippen LogP contribution in [0.1, 0.15) is 15.9 Å². The predicted molar refractivity (Wildman–Crippen MR) is 81.5 cm³/mol. The third kappa shape index (κ3) is 4.30. The van der Waals surface area contributed by atoms with Crippen LogP contribution < -0.4 is 5.32 Å². The summed E-state index contributed by atoms with van der Waals surface area (Å²) in [5.41, 5.74) is 1.62. The van der Waals surface area contributed by atoms with Crippen LogP contribution in [0, 0.1) is 12.7 Å². The van der Waals surface area contributed by atoms with Gasteiger partial charge in [0, 0.05) is 0 Å². The summed E-state index contributed by atoms with van der Waals surface area (Å²) < 4.78 is 17.8. The van der Waals surface area contributed by atoms with Crippen LogP contribution in [0.15, 0.2) is 42.5 Å². The van der Waals surface area contributed by atoms with Crippen molar-refractivity contribution in [3.8, 4) is 0 Å². The van der Waals surface area contributed by atoms with E-state index in [9.17, 15) is 14.0 Å². The SMILES string of the molecule is Cc1ccc(C(=O)OCC(=O)Nc2ccc(F)cc2Cl)cc1. The molecule has 4 nitrogen and oxygen atoms in total. The van der Waals surface area contributed by atoms with Crippen molar-refractivity contribution in [2.75, 3.05) is 11.9 Å². The Morgan fingerprint density at radius 1 is 1.18 bits per heavy atom. The van der Waals surface area contributed by atoms with Crippen LogP contribution in [0.25, 0.3) is 0 Å². The molecular formula is C16H13ClFNO3. The molecule has 2 aromatic carbocycles. The zero-order valence-corrected chi connectivity index (χ0v) is 12.5. The molecule has 0 aromatic heterocycles. The number of halogens is 2. The van der Waals surface area contributed by atoms with Gasteiger partial charge in [-0.15, -0.1) is 0 Å². The molecule has 0 aliphatic heterocycles. The molecule has 0 saturated heterocycles. The molecule has 0 bridgehead atoms. The molecule has 114 valence electrons. The third-order valence-corrected chi connectivity index (χ3v) is 3.14. The lowest BCUT2D eigenvalue weighted by atomic mass is 10.1. The summed E-state index contributed by atoms with van der Waals surface area (Å²) in [5.74, 6) is -1.66. The number of hydrogen-bond donors (Lipinski definition) is 1. The number of aryl methyl sites for hydroxylation is 1. The molecule has 2 rings (SSSR count). The van der Waals surface area contributed by atoms with Gasteiger partial charge in [-0.2, -0.15) is 0 Å². The van der Waals surface area contributed by atoms with E-state index >= 15 is 0 Å². The quantitative estimate of drug-likeness (QED) is 0.876. The van der Waals surface area contributed by atoms with Gasteiger partial charge in [0.25, 0.3) is 5.91 Å². The summed E-state index contributed by atoms with van der Waals surface area (Å²) >= 11 is 5.78. The second kappa shape index (κ2) is 7.04. The first kappa shape index (κ1) is 16.0. The average Bonchev–Trinajstić information content (AvgIpc) is 2.48. The van der Waals surface area contributed by atoms with Crippen LogP contribution in [0.4, 0.5) is 10.1 Å². The molecule has 0 radical (unpaired) electrons. The van der Waals surface area contributed by atoms with Gasteiger partial charge in [-0.05, 0) is 37.3 Å². The fraction of sp³-hybridized carbons (Fsp3) is 0.125. The summed E-state index contributed by atoms with van der Waals surface area (Å²) in [6, 6.07) is 10.4. The number of carbonyl (C=O) groups excluding carboxylic acids is 2. The Kier molecular flexibility index (Phi) is 5.12. The number of ether oxygens (including phenoxy) is 1. The number of hydrogen-bond acceptors (Lipinski definition) is 3. The Bertz CT molecular complexity index is 701. The van der Waals surface area contributed by atoms with Crippen LogP contribution in [-0.2, 0) is 9.53 Å². The van der Waals surface area contributed by atoms with Crippen molar-refractivity contribution in [3.63, 3.8) is 0 Å². The monoisotopic (exact) mass is 321 g/mol. The molecule has 0 saturated carbocycles. The number of nitrogens with one attached hydrogen (secondary N) is 1. The number of anilines is 1. The molecule has 0 aliphatic carbocycles. The smallest absolute Gasteiger partial charge is 0.338 e. The van der Waals surface area contributed by atoms with Gasteiger partial charge in [0.2, 0.25) is 0 Å². The number of amides is 1. The van der Waals surface area contributed by atoms with Crippen molar-refractivity contribution in [2.45, 2.75) is 6.92 Å². The first-order valence-corrected chi connectivity index (χ1v) is 6.82. The van der Waals surface area contributed by atoms with Crippen LogP contribution in [0.5, 0.6) is 0 Å². The highest BCUT2D eigenvalue weighted by molar-refractivity contribution is 6.33. The summed E-state index contributed by atoms with van der Waals surface area (Å²) in [5, 5.41) is 2.51. The summed E-state index contributed by atoms with van der Waals surface area (Å²) in [7, 11) is 0. The van der Waals surface area contributed by atoms with Gasteiger partial charge in [0.15, 0.2) is 6.61 Å². The van der Waals surface area contributed by atoms with Crippen molar-refractivity contribution in [1.29, 1.82) is 0 Å². The minimum absolute atomic E-state index is 0.0678. The van der Waals surface area contributed by atoms with Gasteiger partial charge in [-0.3, -0.25) is 4.79 Å². The molecule has 0 unspecified atom stereocenters. The molecular weight excluding hydrogens is 309 g/mol. The molecule has 0 spiro atoms. The lowest BCUT2D eigenvalue weighted by molar-refractivity contribution is -0.119. The van der Waals surface area contributed by atoms with E-state index in [0.717, 1.165) is 11.6 Å². The lowest BCUT2D eigenvalue weighted by Gasteiger charge is -2.08. The molecule has 2 aromatic rings. The zero-order chi connectivity index (χ0) is 16.1. The third-order valence-electron chi connectivity index (χ3n) is 2.83. The fourth-order valence-corrected chi connectivity index (χ4v) is 1.90. The normalized spacial score (nSPS) is 10.1. The highest BCUT2D eigenvalue weighted by Crippen LogP contribution is 2.22. The van der Waals surface area contributed by atoms with Crippen LogP contribution >= 0.6 is 11.6 Å². The molecule has 1 N–H and O–H groups in total. The highest BCUT2D eigenvalue weighted by atomic mass is 35.5. The molecule has 22 heavy (non-hydrogen) atoms. The van der Waals surface area contributed by atoms with Crippen molar-refractivity contribution in [2.24, 2.45) is 0 Å². The highest BCUT2D eigenvalue weighted by Gasteiger charge is 2.11. The second-order valence-electron chi connectivity index (χ2n) is 4.61. The maximum Gasteiger partial charge on any atom is 0.338 e. The molecule has 0 aliphatic rings. The fourth-order valence-electron chi connectivity index (χ4n) is 1.68. The van der Waals surface area contributed by atoms with Crippen molar-refractivity contribution < 1.29 is 18.7 Å². The van der Waals surface area contributed by atoms with Crippen molar-refractivity contribution in [1.82, 2.24) is 0 Å². The Balaban J connectivity index is 1.89. The van der Waals surface area contributed by atoms with Crippen LogP contribution in [-0.4, -0.2) is 18.5 Å². The minimum atomic E-state index is -0.597. The van der Waals surface area contributed by atoms with Crippen molar-refractivity contribution >= 4 is 29.2 Å². The van der Waals surface area contributed by atoms with E-state index in [-0.39, 0.29) is 10.7 Å². The topological polar surface area (TPSA) is 55.4 Å². The van der Waals surface area contributed by atoms with Crippen LogP contribution in [0.2, 0.25) is 5.02 Å². The van der Waals surface area contributed by atoms with E-state index in [1.54, 1.807) is 24.3 Å².